The van der Waals surface area contributed by atoms with E-state index in [1.807, 2.05) is 58.9 Å². The van der Waals surface area contributed by atoms with Gasteiger partial charge in [-0.05, 0) is 30.7 Å². The lowest BCUT2D eigenvalue weighted by molar-refractivity contribution is -0.113. The molecule has 17 heavy (non-hydrogen) atoms. The first-order valence-corrected chi connectivity index (χ1v) is 6.12. The normalized spacial score (nSPS) is 7.88. The predicted octanol–water partition coefficient (Wildman–Crippen LogP) is 4.20. The van der Waals surface area contributed by atoms with Crippen LogP contribution in [-0.2, 0) is 4.79 Å². The van der Waals surface area contributed by atoms with E-state index in [1.165, 1.54) is 6.08 Å². The molecule has 1 rings (SSSR count). The van der Waals surface area contributed by atoms with E-state index < -0.39 is 0 Å². The number of anilines is 1. The van der Waals surface area contributed by atoms with Gasteiger partial charge in [-0.15, -0.1) is 0 Å². The van der Waals surface area contributed by atoms with E-state index in [2.05, 4.69) is 6.58 Å². The van der Waals surface area contributed by atoms with Gasteiger partial charge in [0, 0.05) is 12.7 Å². The molecule has 0 aliphatic rings. The van der Waals surface area contributed by atoms with Crippen LogP contribution in [-0.4, -0.2) is 13.0 Å². The number of amides is 1. The number of nitrogens with zero attached hydrogens (tertiary/aromatic N) is 1. The number of carbonyl (C=O) groups is 1. The van der Waals surface area contributed by atoms with Gasteiger partial charge in [0.2, 0.25) is 5.91 Å². The zero-order valence-corrected chi connectivity index (χ0v) is 11.9. The minimum Gasteiger partial charge on any atom is -0.312 e. The first kappa shape index (κ1) is 17.8. The van der Waals surface area contributed by atoms with Crippen molar-refractivity contribution in [3.05, 3.63) is 42.5 Å². The number of likely N-dealkylation sites (N-methyl/N-ethyl adjacent to an activating group) is 1. The van der Waals surface area contributed by atoms with Gasteiger partial charge in [0.25, 0.3) is 0 Å². The van der Waals surface area contributed by atoms with E-state index in [0.717, 1.165) is 11.3 Å². The second-order valence-electron chi connectivity index (χ2n) is 2.94. The summed E-state index contributed by atoms with van der Waals surface area (Å²) in [5.74, 6) is -0.0920. The van der Waals surface area contributed by atoms with Crippen LogP contribution in [0.4, 0.5) is 5.69 Å². The Morgan fingerprint density at radius 3 is 2.18 bits per heavy atom. The second kappa shape index (κ2) is 10.9. The van der Waals surface area contributed by atoms with E-state index in [9.17, 15) is 4.79 Å². The van der Waals surface area contributed by atoms with Gasteiger partial charge < -0.3 is 4.90 Å². The van der Waals surface area contributed by atoms with Crippen LogP contribution in [0.15, 0.2) is 36.9 Å². The highest BCUT2D eigenvalue weighted by Gasteiger charge is 2.05. The average Bonchev–Trinajstić information content (AvgIpc) is 2.41. The Labute approximate surface area is 106 Å². The highest BCUT2D eigenvalue weighted by Crippen LogP contribution is 2.14. The maximum Gasteiger partial charge on any atom is 0.250 e. The summed E-state index contributed by atoms with van der Waals surface area (Å²) in [4.78, 5) is 12.8. The molecule has 2 nitrogen and oxygen atoms in total. The molecule has 0 saturated heterocycles. The van der Waals surface area contributed by atoms with Crippen molar-refractivity contribution in [3.8, 4) is 0 Å². The molecule has 0 aliphatic carbocycles. The number of hydrogen-bond acceptors (Lipinski definition) is 1. The fourth-order valence-electron chi connectivity index (χ4n) is 1.10. The van der Waals surface area contributed by atoms with Gasteiger partial charge in [0.15, 0.2) is 0 Å². The Morgan fingerprint density at radius 1 is 1.24 bits per heavy atom. The highest BCUT2D eigenvalue weighted by molar-refractivity contribution is 6.00. The monoisotopic (exact) mass is 235 g/mol. The minimum absolute atomic E-state index is 0.0920. The molecule has 0 spiro atoms. The molecule has 0 atom stereocenters. The molecule has 0 saturated carbocycles. The van der Waals surface area contributed by atoms with Gasteiger partial charge in [-0.1, -0.05) is 46.4 Å². The van der Waals surface area contributed by atoms with E-state index in [-0.39, 0.29) is 5.91 Å². The minimum atomic E-state index is -0.0920. The zero-order valence-electron chi connectivity index (χ0n) is 11.9. The average molecular weight is 235 g/mol. The van der Waals surface area contributed by atoms with Gasteiger partial charge in [-0.25, -0.2) is 0 Å². The standard InChI is InChI=1S/C11H13NO.2C2H6/c1-4-11(13)12(3)10-7-5-6-9(2)8-10;2*1-2/h4-8H,1H2,2-3H3;2*1-2H3. The van der Waals surface area contributed by atoms with Crippen molar-refractivity contribution in [1.29, 1.82) is 0 Å². The molecule has 1 aromatic carbocycles. The highest BCUT2D eigenvalue weighted by atomic mass is 16.2. The summed E-state index contributed by atoms with van der Waals surface area (Å²) in [5, 5.41) is 0. The summed E-state index contributed by atoms with van der Waals surface area (Å²) in [6.07, 6.45) is 1.31. The molecule has 0 N–H and O–H groups in total. The maximum atomic E-state index is 11.2. The van der Waals surface area contributed by atoms with Crippen LogP contribution < -0.4 is 4.90 Å². The number of carbonyl (C=O) groups excluding carboxylic acids is 1. The first-order valence-electron chi connectivity index (χ1n) is 6.12. The molecule has 0 unspecified atom stereocenters. The molecule has 0 fully saturated rings. The lowest BCUT2D eigenvalue weighted by Crippen LogP contribution is -2.23. The van der Waals surface area contributed by atoms with E-state index in [0.29, 0.717) is 0 Å². The van der Waals surface area contributed by atoms with Crippen molar-refractivity contribution in [2.24, 2.45) is 0 Å². The zero-order chi connectivity index (χ0) is 13.8. The third-order valence-electron chi connectivity index (χ3n) is 1.89. The number of benzene rings is 1. The van der Waals surface area contributed by atoms with E-state index in [4.69, 9.17) is 0 Å². The summed E-state index contributed by atoms with van der Waals surface area (Å²) in [5.41, 5.74) is 2.03. The van der Waals surface area contributed by atoms with Gasteiger partial charge >= 0.3 is 0 Å². The summed E-state index contributed by atoms with van der Waals surface area (Å²) >= 11 is 0. The molecule has 96 valence electrons. The number of hydrogen-bond donors (Lipinski definition) is 0. The lowest BCUT2D eigenvalue weighted by Gasteiger charge is -2.15. The first-order chi connectivity index (χ1) is 8.15. The maximum absolute atomic E-state index is 11.2. The Bertz CT molecular complexity index is 331. The van der Waals surface area contributed by atoms with Crippen LogP contribution in [0.1, 0.15) is 33.3 Å². The number of rotatable bonds is 2. The molecular weight excluding hydrogens is 210 g/mol. The van der Waals surface area contributed by atoms with Gasteiger partial charge in [-0.3, -0.25) is 4.79 Å². The lowest BCUT2D eigenvalue weighted by atomic mass is 10.2. The molecule has 0 bridgehead atoms. The van der Waals surface area contributed by atoms with Crippen molar-refractivity contribution in [1.82, 2.24) is 0 Å². The van der Waals surface area contributed by atoms with Crippen molar-refractivity contribution in [3.63, 3.8) is 0 Å². The van der Waals surface area contributed by atoms with Crippen LogP contribution >= 0.6 is 0 Å². The van der Waals surface area contributed by atoms with Crippen molar-refractivity contribution < 1.29 is 4.79 Å². The molecular formula is C15H25NO. The molecule has 0 aliphatic heterocycles. The summed E-state index contributed by atoms with van der Waals surface area (Å²) < 4.78 is 0. The quantitative estimate of drug-likeness (QED) is 0.704. The molecule has 1 amide bonds. The summed E-state index contributed by atoms with van der Waals surface area (Å²) in [7, 11) is 1.73. The fourth-order valence-corrected chi connectivity index (χ4v) is 1.10. The van der Waals surface area contributed by atoms with E-state index >= 15 is 0 Å². The number of aryl methyl sites for hydroxylation is 1. The van der Waals surface area contributed by atoms with Gasteiger partial charge in [-0.2, -0.15) is 0 Å². The van der Waals surface area contributed by atoms with Crippen LogP contribution in [0.2, 0.25) is 0 Å². The van der Waals surface area contributed by atoms with Crippen LogP contribution in [0.3, 0.4) is 0 Å². The molecule has 0 aromatic heterocycles. The molecule has 1 aromatic rings. The Balaban J connectivity index is 0. The van der Waals surface area contributed by atoms with Gasteiger partial charge in [0.05, 0.1) is 0 Å². The van der Waals surface area contributed by atoms with Crippen molar-refractivity contribution in [2.75, 3.05) is 11.9 Å². The predicted molar refractivity (Wildman–Crippen MR) is 77.5 cm³/mol. The van der Waals surface area contributed by atoms with Crippen LogP contribution in [0, 0.1) is 6.92 Å². The third-order valence-corrected chi connectivity index (χ3v) is 1.89. The van der Waals surface area contributed by atoms with Crippen LogP contribution in [0.5, 0.6) is 0 Å². The van der Waals surface area contributed by atoms with Crippen molar-refractivity contribution in [2.45, 2.75) is 34.6 Å². The molecule has 0 heterocycles. The van der Waals surface area contributed by atoms with Crippen molar-refractivity contribution >= 4 is 11.6 Å². The molecule has 0 radical (unpaired) electrons. The Hall–Kier alpha value is -1.57. The Kier molecular flexibility index (Phi) is 11.5. The largest absolute Gasteiger partial charge is 0.312 e. The Morgan fingerprint density at radius 2 is 1.76 bits per heavy atom. The second-order valence-corrected chi connectivity index (χ2v) is 2.94. The third kappa shape index (κ3) is 6.56. The fraction of sp³-hybridized carbons (Fsp3) is 0.400. The summed E-state index contributed by atoms with van der Waals surface area (Å²) in [6.45, 7) is 13.4. The SMILES string of the molecule is C=CC(=O)N(C)c1cccc(C)c1.CC.CC. The van der Waals surface area contributed by atoms with E-state index in [1.54, 1.807) is 11.9 Å². The topological polar surface area (TPSA) is 20.3 Å². The van der Waals surface area contributed by atoms with Gasteiger partial charge in [0.1, 0.15) is 0 Å². The van der Waals surface area contributed by atoms with Crippen LogP contribution in [0.25, 0.3) is 0 Å². The molecule has 2 heteroatoms. The summed E-state index contributed by atoms with van der Waals surface area (Å²) in [6, 6.07) is 7.78. The smallest absolute Gasteiger partial charge is 0.250 e.